The number of carboxylic acid groups (broad SMARTS) is 1. The average molecular weight is 185 g/mol. The van der Waals surface area contributed by atoms with Gasteiger partial charge in [-0.15, -0.1) is 0 Å². The summed E-state index contributed by atoms with van der Waals surface area (Å²) >= 11 is 0. The van der Waals surface area contributed by atoms with Crippen LogP contribution in [0.2, 0.25) is 0 Å². The number of rotatable bonds is 3. The van der Waals surface area contributed by atoms with Gasteiger partial charge in [-0.05, 0) is 25.2 Å². The lowest BCUT2D eigenvalue weighted by Crippen LogP contribution is -2.17. The fourth-order valence-corrected chi connectivity index (χ4v) is 1.48. The number of carboxylic acids is 1. The van der Waals surface area contributed by atoms with Gasteiger partial charge in [0.15, 0.2) is 0 Å². The summed E-state index contributed by atoms with van der Waals surface area (Å²) in [7, 11) is 0. The van der Waals surface area contributed by atoms with E-state index in [0.717, 1.165) is 25.0 Å². The van der Waals surface area contributed by atoms with Crippen molar-refractivity contribution < 1.29 is 14.7 Å². The van der Waals surface area contributed by atoms with Gasteiger partial charge in [0, 0.05) is 0 Å². The van der Waals surface area contributed by atoms with Crippen LogP contribution in [-0.2, 0) is 9.63 Å². The SMILES string of the molecule is CC1CCCCC1=NOCC(=O)O. The molecule has 1 atom stereocenters. The molecule has 4 heteroatoms. The molecule has 1 aliphatic rings. The molecule has 1 aliphatic carbocycles. The van der Waals surface area contributed by atoms with Gasteiger partial charge in [0.05, 0.1) is 5.71 Å². The molecule has 0 bridgehead atoms. The number of hydrogen-bond acceptors (Lipinski definition) is 3. The number of oxime groups is 1. The minimum atomic E-state index is -0.979. The summed E-state index contributed by atoms with van der Waals surface area (Å²) in [4.78, 5) is 14.8. The van der Waals surface area contributed by atoms with Crippen LogP contribution in [0.1, 0.15) is 32.6 Å². The van der Waals surface area contributed by atoms with Crippen LogP contribution in [0.5, 0.6) is 0 Å². The maximum atomic E-state index is 10.1. The molecule has 0 aromatic heterocycles. The first kappa shape index (κ1) is 10.0. The Morgan fingerprint density at radius 2 is 2.46 bits per heavy atom. The van der Waals surface area contributed by atoms with Crippen LogP contribution in [0.15, 0.2) is 5.16 Å². The molecule has 0 radical (unpaired) electrons. The predicted octanol–water partition coefficient (Wildman–Crippen LogP) is 1.65. The summed E-state index contributed by atoms with van der Waals surface area (Å²) < 4.78 is 0. The summed E-state index contributed by atoms with van der Waals surface area (Å²) in [5.41, 5.74) is 1.01. The third-order valence-electron chi connectivity index (χ3n) is 2.26. The maximum Gasteiger partial charge on any atom is 0.344 e. The lowest BCUT2D eigenvalue weighted by molar-refractivity contribution is -0.142. The monoisotopic (exact) mass is 185 g/mol. The first-order valence-corrected chi connectivity index (χ1v) is 4.60. The number of carbonyl (C=O) groups is 1. The van der Waals surface area contributed by atoms with E-state index < -0.39 is 5.97 Å². The standard InChI is InChI=1S/C9H15NO3/c1-7-4-2-3-5-8(7)10-13-6-9(11)12/h7H,2-6H2,1H3,(H,11,12). The van der Waals surface area contributed by atoms with E-state index in [1.807, 2.05) is 0 Å². The Hall–Kier alpha value is -1.06. The highest BCUT2D eigenvalue weighted by molar-refractivity contribution is 5.86. The second-order valence-electron chi connectivity index (χ2n) is 3.40. The van der Waals surface area contributed by atoms with Crippen molar-refractivity contribution >= 4 is 11.7 Å². The van der Waals surface area contributed by atoms with Gasteiger partial charge in [-0.1, -0.05) is 18.5 Å². The van der Waals surface area contributed by atoms with Crippen LogP contribution in [0.25, 0.3) is 0 Å². The molecule has 0 aliphatic heterocycles. The summed E-state index contributed by atoms with van der Waals surface area (Å²) in [6, 6.07) is 0. The molecule has 1 saturated carbocycles. The third-order valence-corrected chi connectivity index (χ3v) is 2.26. The summed E-state index contributed by atoms with van der Waals surface area (Å²) in [6.07, 6.45) is 4.45. The van der Waals surface area contributed by atoms with Crippen LogP contribution >= 0.6 is 0 Å². The smallest absolute Gasteiger partial charge is 0.344 e. The molecule has 1 unspecified atom stereocenters. The topological polar surface area (TPSA) is 58.9 Å². The second-order valence-corrected chi connectivity index (χ2v) is 3.40. The van der Waals surface area contributed by atoms with Crippen LogP contribution in [0.3, 0.4) is 0 Å². The Morgan fingerprint density at radius 3 is 3.08 bits per heavy atom. The number of nitrogens with zero attached hydrogens (tertiary/aromatic N) is 1. The van der Waals surface area contributed by atoms with Crippen LogP contribution < -0.4 is 0 Å². The van der Waals surface area contributed by atoms with E-state index in [1.165, 1.54) is 6.42 Å². The predicted molar refractivity (Wildman–Crippen MR) is 48.7 cm³/mol. The van der Waals surface area contributed by atoms with Gasteiger partial charge in [0.1, 0.15) is 0 Å². The second kappa shape index (κ2) is 4.84. The Balaban J connectivity index is 2.35. The highest BCUT2D eigenvalue weighted by atomic mass is 16.6. The molecule has 0 spiro atoms. The van der Waals surface area contributed by atoms with Crippen LogP contribution in [0.4, 0.5) is 0 Å². The van der Waals surface area contributed by atoms with Crippen molar-refractivity contribution in [3.8, 4) is 0 Å². The zero-order valence-corrected chi connectivity index (χ0v) is 7.82. The van der Waals surface area contributed by atoms with E-state index >= 15 is 0 Å². The molecule has 4 nitrogen and oxygen atoms in total. The first-order chi connectivity index (χ1) is 6.20. The van der Waals surface area contributed by atoms with Crippen molar-refractivity contribution in [3.63, 3.8) is 0 Å². The molecule has 0 aromatic rings. The van der Waals surface area contributed by atoms with Crippen molar-refractivity contribution in [2.45, 2.75) is 32.6 Å². The molecule has 0 saturated heterocycles. The Bertz CT molecular complexity index is 213. The quantitative estimate of drug-likeness (QED) is 0.680. The Kier molecular flexibility index (Phi) is 3.73. The average Bonchev–Trinajstić information content (AvgIpc) is 2.08. The molecule has 74 valence electrons. The number of hydrogen-bond donors (Lipinski definition) is 1. The Labute approximate surface area is 77.6 Å². The van der Waals surface area contributed by atoms with Gasteiger partial charge in [0.2, 0.25) is 6.61 Å². The van der Waals surface area contributed by atoms with Gasteiger partial charge in [-0.2, -0.15) is 0 Å². The number of aliphatic carboxylic acids is 1. The molecule has 0 amide bonds. The summed E-state index contributed by atoms with van der Waals surface area (Å²) in [5, 5.41) is 12.2. The van der Waals surface area contributed by atoms with Crippen molar-refractivity contribution in [3.05, 3.63) is 0 Å². The van der Waals surface area contributed by atoms with Crippen LogP contribution in [-0.4, -0.2) is 23.4 Å². The fourth-order valence-electron chi connectivity index (χ4n) is 1.48. The first-order valence-electron chi connectivity index (χ1n) is 4.60. The fraction of sp³-hybridized carbons (Fsp3) is 0.778. The molecular weight excluding hydrogens is 170 g/mol. The van der Waals surface area contributed by atoms with Gasteiger partial charge in [-0.3, -0.25) is 0 Å². The molecular formula is C9H15NO3. The van der Waals surface area contributed by atoms with Crippen LogP contribution in [0, 0.1) is 5.92 Å². The van der Waals surface area contributed by atoms with Crippen molar-refractivity contribution in [1.29, 1.82) is 0 Å². The lowest BCUT2D eigenvalue weighted by Gasteiger charge is -2.18. The van der Waals surface area contributed by atoms with Crippen molar-refractivity contribution in [2.75, 3.05) is 6.61 Å². The Morgan fingerprint density at radius 1 is 1.69 bits per heavy atom. The highest BCUT2D eigenvalue weighted by Gasteiger charge is 2.16. The lowest BCUT2D eigenvalue weighted by atomic mass is 9.89. The maximum absolute atomic E-state index is 10.1. The largest absolute Gasteiger partial charge is 0.479 e. The van der Waals surface area contributed by atoms with E-state index in [9.17, 15) is 4.79 Å². The van der Waals surface area contributed by atoms with E-state index in [4.69, 9.17) is 9.94 Å². The van der Waals surface area contributed by atoms with Gasteiger partial charge < -0.3 is 9.94 Å². The normalized spacial score (nSPS) is 25.9. The zero-order valence-electron chi connectivity index (χ0n) is 7.82. The summed E-state index contributed by atoms with van der Waals surface area (Å²) in [5.74, 6) is -0.532. The van der Waals surface area contributed by atoms with Gasteiger partial charge in [-0.25, -0.2) is 4.79 Å². The minimum absolute atomic E-state index is 0.337. The zero-order chi connectivity index (χ0) is 9.68. The highest BCUT2D eigenvalue weighted by Crippen LogP contribution is 2.20. The van der Waals surface area contributed by atoms with E-state index in [2.05, 4.69) is 12.1 Å². The molecule has 1 rings (SSSR count). The minimum Gasteiger partial charge on any atom is -0.479 e. The van der Waals surface area contributed by atoms with E-state index in [1.54, 1.807) is 0 Å². The molecule has 1 fully saturated rings. The van der Waals surface area contributed by atoms with Gasteiger partial charge in [0.25, 0.3) is 0 Å². The summed E-state index contributed by atoms with van der Waals surface area (Å²) in [6.45, 7) is 1.76. The van der Waals surface area contributed by atoms with E-state index in [0.29, 0.717) is 5.92 Å². The third kappa shape index (κ3) is 3.44. The van der Waals surface area contributed by atoms with Crippen molar-refractivity contribution in [1.82, 2.24) is 0 Å². The molecule has 0 heterocycles. The van der Waals surface area contributed by atoms with Gasteiger partial charge >= 0.3 is 5.97 Å². The molecule has 0 aromatic carbocycles. The van der Waals surface area contributed by atoms with E-state index in [-0.39, 0.29) is 6.61 Å². The molecule has 13 heavy (non-hydrogen) atoms. The van der Waals surface area contributed by atoms with Crippen molar-refractivity contribution in [2.24, 2.45) is 11.1 Å². The molecule has 1 N–H and O–H groups in total.